The van der Waals surface area contributed by atoms with Crippen molar-refractivity contribution in [3.8, 4) is 11.5 Å². The summed E-state index contributed by atoms with van der Waals surface area (Å²) in [7, 11) is 3.08. The first-order chi connectivity index (χ1) is 19.5. The third-order valence-corrected chi connectivity index (χ3v) is 8.05. The number of rotatable bonds is 10. The first kappa shape index (κ1) is 31.4. The number of hydrogen-bond donors (Lipinski definition) is 0. The van der Waals surface area contributed by atoms with E-state index in [0.29, 0.717) is 50.5 Å². The molecule has 0 aromatic heterocycles. The van der Waals surface area contributed by atoms with Crippen LogP contribution in [0.4, 0.5) is 26.3 Å². The van der Waals surface area contributed by atoms with Crippen LogP contribution in [0.1, 0.15) is 48.6 Å². The van der Waals surface area contributed by atoms with Gasteiger partial charge in [-0.1, -0.05) is 24.3 Å². The van der Waals surface area contributed by atoms with Gasteiger partial charge in [0.2, 0.25) is 0 Å². The zero-order valence-corrected chi connectivity index (χ0v) is 23.4. The highest BCUT2D eigenvalue weighted by molar-refractivity contribution is 5.32. The quantitative estimate of drug-likeness (QED) is 0.291. The Balaban J connectivity index is 1.43. The summed E-state index contributed by atoms with van der Waals surface area (Å²) in [5.41, 5.74) is 1.87. The molecule has 2 aromatic carbocycles. The van der Waals surface area contributed by atoms with Gasteiger partial charge in [-0.15, -0.1) is 0 Å². The van der Waals surface area contributed by atoms with Crippen molar-refractivity contribution in [1.82, 2.24) is 9.80 Å². The minimum atomic E-state index is -4.95. The van der Waals surface area contributed by atoms with E-state index in [2.05, 4.69) is 0 Å². The molecule has 2 heterocycles. The van der Waals surface area contributed by atoms with Gasteiger partial charge < -0.3 is 14.2 Å². The van der Waals surface area contributed by atoms with Gasteiger partial charge in [0.1, 0.15) is 11.5 Å². The Kier molecular flexibility index (Phi) is 10.5. The Bertz CT molecular complexity index is 1030. The van der Waals surface area contributed by atoms with Crippen LogP contribution in [0.15, 0.2) is 48.5 Å². The van der Waals surface area contributed by atoms with Crippen LogP contribution in [0.2, 0.25) is 0 Å². The topological polar surface area (TPSA) is 34.2 Å². The van der Waals surface area contributed by atoms with Gasteiger partial charge >= 0.3 is 12.4 Å². The predicted octanol–water partition coefficient (Wildman–Crippen LogP) is 6.64. The third kappa shape index (κ3) is 8.75. The molecule has 2 saturated heterocycles. The summed E-state index contributed by atoms with van der Waals surface area (Å²) in [6.07, 6.45) is -12.2. The molecular formula is C30H38F6N2O3. The van der Waals surface area contributed by atoms with Crippen LogP contribution in [0.25, 0.3) is 0 Å². The molecule has 0 spiro atoms. The molecule has 41 heavy (non-hydrogen) atoms. The van der Waals surface area contributed by atoms with Crippen LogP contribution >= 0.6 is 0 Å². The van der Waals surface area contributed by atoms with Crippen molar-refractivity contribution in [1.29, 1.82) is 0 Å². The van der Waals surface area contributed by atoms with Crippen molar-refractivity contribution in [2.24, 2.45) is 0 Å². The number of halogens is 6. The zero-order chi connectivity index (χ0) is 29.6. The van der Waals surface area contributed by atoms with Crippen molar-refractivity contribution in [3.63, 3.8) is 0 Å². The summed E-state index contributed by atoms with van der Waals surface area (Å²) in [6, 6.07) is 14.7. The zero-order valence-electron chi connectivity index (χ0n) is 23.4. The van der Waals surface area contributed by atoms with E-state index in [1.807, 2.05) is 36.4 Å². The van der Waals surface area contributed by atoms with E-state index in [-0.39, 0.29) is 11.8 Å². The first-order valence-electron chi connectivity index (χ1n) is 14.0. The average molecular weight is 589 g/mol. The molecule has 4 rings (SSSR count). The lowest BCUT2D eigenvalue weighted by Gasteiger charge is -2.39. The van der Waals surface area contributed by atoms with E-state index in [0.717, 1.165) is 24.0 Å². The molecular weight excluding hydrogens is 550 g/mol. The van der Waals surface area contributed by atoms with Crippen molar-refractivity contribution >= 4 is 0 Å². The molecule has 0 radical (unpaired) electrons. The Labute approximate surface area is 237 Å². The number of piperidine rings is 2. The number of ether oxygens (including phenoxy) is 3. The minimum Gasteiger partial charge on any atom is -0.497 e. The maximum Gasteiger partial charge on any atom is 0.415 e. The Hall–Kier alpha value is -2.50. The molecule has 0 bridgehead atoms. The van der Waals surface area contributed by atoms with E-state index in [1.54, 1.807) is 21.9 Å². The van der Waals surface area contributed by atoms with E-state index in [9.17, 15) is 26.3 Å². The molecule has 2 aliphatic rings. The second kappa shape index (κ2) is 13.6. The maximum atomic E-state index is 14.1. The molecule has 0 amide bonds. The van der Waals surface area contributed by atoms with Crippen LogP contribution in [0.3, 0.4) is 0 Å². The lowest BCUT2D eigenvalue weighted by Crippen LogP contribution is -2.52. The summed E-state index contributed by atoms with van der Waals surface area (Å²) >= 11 is 0. The minimum absolute atomic E-state index is 0.0481. The molecule has 228 valence electrons. The van der Waals surface area contributed by atoms with Crippen molar-refractivity contribution in [2.75, 3.05) is 53.5 Å². The summed E-state index contributed by atoms with van der Waals surface area (Å²) in [5.74, 6) is 1.20. The SMILES string of the molecule is COc1cccc(C2CCCN(C[C@H](O[C@@H](CN3CCCC(c4cccc(OC)c4)C3)C(F)(F)F)C(F)(F)F)C2)c1. The van der Waals surface area contributed by atoms with Crippen LogP contribution in [-0.4, -0.2) is 87.8 Å². The lowest BCUT2D eigenvalue weighted by atomic mass is 9.90. The van der Waals surface area contributed by atoms with E-state index >= 15 is 0 Å². The summed E-state index contributed by atoms with van der Waals surface area (Å²) in [6.45, 7) is 0.0249. The van der Waals surface area contributed by atoms with E-state index in [1.165, 1.54) is 14.2 Å². The van der Waals surface area contributed by atoms with Gasteiger partial charge in [-0.25, -0.2) is 0 Å². The molecule has 4 atom stereocenters. The molecule has 0 N–H and O–H groups in total. The number of hydrogen-bond acceptors (Lipinski definition) is 5. The fourth-order valence-corrected chi connectivity index (χ4v) is 5.89. The molecule has 5 nitrogen and oxygen atoms in total. The van der Waals surface area contributed by atoms with Crippen LogP contribution < -0.4 is 9.47 Å². The van der Waals surface area contributed by atoms with E-state index in [4.69, 9.17) is 14.2 Å². The van der Waals surface area contributed by atoms with Gasteiger partial charge in [0.25, 0.3) is 0 Å². The highest BCUT2D eigenvalue weighted by Crippen LogP contribution is 2.35. The standard InChI is InChI=1S/C30H38F6N2O3/c1-39-25-11-3-7-21(15-25)23-9-5-13-37(17-23)19-27(29(31,32)33)41-28(30(34,35)36)20-38-14-6-10-24(18-38)22-8-4-12-26(16-22)40-2/h3-4,7-8,11-12,15-16,23-24,27-28H,5-6,9-10,13-14,17-20H2,1-2H3/t23?,24?,27-,28-/m0/s1. The molecule has 2 unspecified atom stereocenters. The third-order valence-electron chi connectivity index (χ3n) is 8.05. The van der Waals surface area contributed by atoms with Gasteiger partial charge in [-0.3, -0.25) is 9.80 Å². The van der Waals surface area contributed by atoms with Crippen molar-refractivity contribution in [3.05, 3.63) is 59.7 Å². The maximum absolute atomic E-state index is 14.1. The molecule has 11 heteroatoms. The summed E-state index contributed by atoms with van der Waals surface area (Å²) in [4.78, 5) is 3.14. The van der Waals surface area contributed by atoms with Crippen LogP contribution in [0, 0.1) is 0 Å². The molecule has 0 aliphatic carbocycles. The number of nitrogens with zero attached hydrogens (tertiary/aromatic N) is 2. The number of benzene rings is 2. The second-order valence-electron chi connectivity index (χ2n) is 10.9. The number of alkyl halides is 6. The molecule has 2 aliphatic heterocycles. The lowest BCUT2D eigenvalue weighted by molar-refractivity contribution is -0.290. The van der Waals surface area contributed by atoms with Crippen LogP contribution in [0.5, 0.6) is 11.5 Å². The smallest absolute Gasteiger partial charge is 0.415 e. The highest BCUT2D eigenvalue weighted by Gasteiger charge is 2.50. The highest BCUT2D eigenvalue weighted by atomic mass is 19.4. The monoisotopic (exact) mass is 588 g/mol. The van der Waals surface area contributed by atoms with Crippen molar-refractivity contribution < 1.29 is 40.6 Å². The predicted molar refractivity (Wildman–Crippen MR) is 144 cm³/mol. The number of methoxy groups -OCH3 is 2. The molecule has 2 fully saturated rings. The van der Waals surface area contributed by atoms with E-state index < -0.39 is 37.7 Å². The van der Waals surface area contributed by atoms with Crippen molar-refractivity contribution in [2.45, 2.75) is 62.1 Å². The fourth-order valence-electron chi connectivity index (χ4n) is 5.89. The van der Waals surface area contributed by atoms with Gasteiger partial charge in [0.15, 0.2) is 12.2 Å². The average Bonchev–Trinajstić information content (AvgIpc) is 2.95. The van der Waals surface area contributed by atoms with Gasteiger partial charge in [0.05, 0.1) is 14.2 Å². The Morgan fingerprint density at radius 3 is 1.49 bits per heavy atom. The van der Waals surface area contributed by atoms with Gasteiger partial charge in [0, 0.05) is 26.2 Å². The van der Waals surface area contributed by atoms with Gasteiger partial charge in [-0.2, -0.15) is 26.3 Å². The summed E-state index contributed by atoms with van der Waals surface area (Å²) < 4.78 is 100. The Morgan fingerprint density at radius 1 is 0.707 bits per heavy atom. The van der Waals surface area contributed by atoms with Crippen LogP contribution in [-0.2, 0) is 4.74 Å². The Morgan fingerprint density at radius 2 is 1.12 bits per heavy atom. The largest absolute Gasteiger partial charge is 0.497 e. The first-order valence-corrected chi connectivity index (χ1v) is 14.0. The molecule has 0 saturated carbocycles. The fraction of sp³-hybridized carbons (Fsp3) is 0.600. The number of likely N-dealkylation sites (tertiary alicyclic amines) is 2. The molecule has 2 aromatic rings. The normalized spacial score (nSPS) is 22.7. The van der Waals surface area contributed by atoms with Gasteiger partial charge in [-0.05, 0) is 86.0 Å². The second-order valence-corrected chi connectivity index (χ2v) is 10.9. The summed E-state index contributed by atoms with van der Waals surface area (Å²) in [5, 5.41) is 0.